The summed E-state index contributed by atoms with van der Waals surface area (Å²) in [5.74, 6) is -0.568. The van der Waals surface area contributed by atoms with Crippen LogP contribution in [0.1, 0.15) is 16.1 Å². The highest BCUT2D eigenvalue weighted by atomic mass is 16.3. The molecule has 4 N–H and O–H groups in total. The molecule has 0 spiro atoms. The standard InChI is InChI=1S/C12H12N4O2/c1-7-4-2-3-5-8(7)11-15-9(6-18-11)10(17)16-12(13)14/h2-6H,1H3,(H4,13,14,16,17). The Morgan fingerprint density at radius 2 is 2.06 bits per heavy atom. The van der Waals surface area contributed by atoms with Crippen LogP contribution in [0.2, 0.25) is 0 Å². The third-order valence-electron chi connectivity index (χ3n) is 2.33. The van der Waals surface area contributed by atoms with E-state index < -0.39 is 5.91 Å². The Bertz CT molecular complexity index is 612. The second-order valence-corrected chi connectivity index (χ2v) is 3.69. The molecule has 6 nitrogen and oxygen atoms in total. The molecule has 18 heavy (non-hydrogen) atoms. The van der Waals surface area contributed by atoms with Gasteiger partial charge in [-0.25, -0.2) is 4.98 Å². The first-order valence-electron chi connectivity index (χ1n) is 5.23. The number of oxazole rings is 1. The summed E-state index contributed by atoms with van der Waals surface area (Å²) >= 11 is 0. The van der Waals surface area contributed by atoms with E-state index in [4.69, 9.17) is 15.9 Å². The second kappa shape index (κ2) is 4.70. The fourth-order valence-electron chi connectivity index (χ4n) is 1.48. The maximum absolute atomic E-state index is 11.5. The predicted octanol–water partition coefficient (Wildman–Crippen LogP) is 1.06. The van der Waals surface area contributed by atoms with Crippen LogP contribution >= 0.6 is 0 Å². The normalized spacial score (nSPS) is 10.1. The van der Waals surface area contributed by atoms with Crippen molar-refractivity contribution in [3.8, 4) is 11.5 Å². The number of guanidine groups is 1. The van der Waals surface area contributed by atoms with Crippen LogP contribution in [-0.2, 0) is 0 Å². The minimum atomic E-state index is -0.626. The number of rotatable bonds is 2. The van der Waals surface area contributed by atoms with E-state index in [2.05, 4.69) is 9.98 Å². The smallest absolute Gasteiger partial charge is 0.302 e. The van der Waals surface area contributed by atoms with E-state index >= 15 is 0 Å². The van der Waals surface area contributed by atoms with Gasteiger partial charge in [-0.15, -0.1) is 0 Å². The van der Waals surface area contributed by atoms with Crippen LogP contribution < -0.4 is 11.5 Å². The number of benzene rings is 1. The molecular weight excluding hydrogens is 232 g/mol. The summed E-state index contributed by atoms with van der Waals surface area (Å²) in [6.45, 7) is 1.93. The summed E-state index contributed by atoms with van der Waals surface area (Å²) in [6.07, 6.45) is 1.23. The maximum Gasteiger partial charge on any atom is 0.302 e. The number of carbonyl (C=O) groups excluding carboxylic acids is 1. The number of amides is 1. The van der Waals surface area contributed by atoms with Gasteiger partial charge < -0.3 is 15.9 Å². The van der Waals surface area contributed by atoms with Crippen LogP contribution in [0.5, 0.6) is 0 Å². The van der Waals surface area contributed by atoms with E-state index in [0.717, 1.165) is 11.1 Å². The van der Waals surface area contributed by atoms with E-state index in [1.165, 1.54) is 6.26 Å². The Morgan fingerprint density at radius 1 is 1.33 bits per heavy atom. The lowest BCUT2D eigenvalue weighted by Crippen LogP contribution is -2.24. The van der Waals surface area contributed by atoms with Crippen LogP contribution in [0.3, 0.4) is 0 Å². The molecule has 0 saturated heterocycles. The van der Waals surface area contributed by atoms with Crippen LogP contribution in [0.15, 0.2) is 39.9 Å². The number of hydrogen-bond donors (Lipinski definition) is 2. The Hall–Kier alpha value is -2.63. The fraction of sp³-hybridized carbons (Fsp3) is 0.0833. The van der Waals surface area contributed by atoms with Crippen molar-refractivity contribution in [3.63, 3.8) is 0 Å². The van der Waals surface area contributed by atoms with Crippen molar-refractivity contribution in [1.82, 2.24) is 4.98 Å². The zero-order valence-electron chi connectivity index (χ0n) is 9.75. The molecule has 0 bridgehead atoms. The first-order valence-corrected chi connectivity index (χ1v) is 5.23. The van der Waals surface area contributed by atoms with Gasteiger partial charge in [0.25, 0.3) is 0 Å². The lowest BCUT2D eigenvalue weighted by molar-refractivity contribution is 0.0998. The van der Waals surface area contributed by atoms with E-state index in [1.54, 1.807) is 0 Å². The summed E-state index contributed by atoms with van der Waals surface area (Å²) < 4.78 is 5.25. The molecule has 0 fully saturated rings. The zero-order chi connectivity index (χ0) is 13.1. The summed E-state index contributed by atoms with van der Waals surface area (Å²) in [7, 11) is 0. The minimum absolute atomic E-state index is 0.0710. The van der Waals surface area contributed by atoms with Gasteiger partial charge in [-0.3, -0.25) is 4.79 Å². The van der Waals surface area contributed by atoms with E-state index in [-0.39, 0.29) is 11.7 Å². The molecule has 0 radical (unpaired) electrons. The van der Waals surface area contributed by atoms with Crippen molar-refractivity contribution >= 4 is 11.9 Å². The van der Waals surface area contributed by atoms with Crippen molar-refractivity contribution in [2.75, 3.05) is 0 Å². The van der Waals surface area contributed by atoms with Crippen LogP contribution in [-0.4, -0.2) is 16.9 Å². The Labute approximate surface area is 103 Å². The molecule has 0 aliphatic carbocycles. The topological polar surface area (TPSA) is 108 Å². The lowest BCUT2D eigenvalue weighted by atomic mass is 10.1. The molecule has 0 saturated carbocycles. The number of nitrogens with zero attached hydrogens (tertiary/aromatic N) is 2. The molecule has 0 atom stereocenters. The van der Waals surface area contributed by atoms with Crippen molar-refractivity contribution < 1.29 is 9.21 Å². The monoisotopic (exact) mass is 244 g/mol. The minimum Gasteiger partial charge on any atom is -0.444 e. The average Bonchev–Trinajstić information content (AvgIpc) is 2.78. The highest BCUT2D eigenvalue weighted by Crippen LogP contribution is 2.22. The third-order valence-corrected chi connectivity index (χ3v) is 2.33. The Balaban J connectivity index is 2.35. The molecule has 1 aromatic heterocycles. The molecule has 0 aliphatic heterocycles. The molecule has 92 valence electrons. The van der Waals surface area contributed by atoms with Gasteiger partial charge in [-0.1, -0.05) is 18.2 Å². The third kappa shape index (κ3) is 2.37. The van der Waals surface area contributed by atoms with Crippen LogP contribution in [0.4, 0.5) is 0 Å². The van der Waals surface area contributed by atoms with Crippen molar-refractivity contribution in [2.24, 2.45) is 16.5 Å². The van der Waals surface area contributed by atoms with Gasteiger partial charge in [0, 0.05) is 5.56 Å². The summed E-state index contributed by atoms with van der Waals surface area (Å²) in [5.41, 5.74) is 12.1. The summed E-state index contributed by atoms with van der Waals surface area (Å²) in [4.78, 5) is 19.0. The number of nitrogens with two attached hydrogens (primary N) is 2. The molecule has 1 aromatic carbocycles. The SMILES string of the molecule is Cc1ccccc1-c1nc(C(=O)N=C(N)N)co1. The van der Waals surface area contributed by atoms with Crippen LogP contribution in [0.25, 0.3) is 11.5 Å². The highest BCUT2D eigenvalue weighted by Gasteiger charge is 2.13. The van der Waals surface area contributed by atoms with Crippen molar-refractivity contribution in [3.05, 3.63) is 41.8 Å². The first-order chi connectivity index (χ1) is 8.58. The average molecular weight is 244 g/mol. The zero-order valence-corrected chi connectivity index (χ0v) is 9.75. The van der Waals surface area contributed by atoms with Gasteiger partial charge in [0.15, 0.2) is 11.7 Å². The van der Waals surface area contributed by atoms with Gasteiger partial charge in [0.05, 0.1) is 0 Å². The number of aliphatic imine (C=N–C) groups is 1. The number of aromatic nitrogens is 1. The van der Waals surface area contributed by atoms with E-state index in [0.29, 0.717) is 5.89 Å². The lowest BCUT2D eigenvalue weighted by Gasteiger charge is -1.98. The first kappa shape index (κ1) is 11.8. The molecular formula is C12H12N4O2. The summed E-state index contributed by atoms with van der Waals surface area (Å²) in [5, 5.41) is 0. The predicted molar refractivity (Wildman–Crippen MR) is 66.8 cm³/mol. The molecule has 0 unspecified atom stereocenters. The van der Waals surface area contributed by atoms with Gasteiger partial charge in [-0.05, 0) is 18.6 Å². The van der Waals surface area contributed by atoms with Gasteiger partial charge in [-0.2, -0.15) is 4.99 Å². The van der Waals surface area contributed by atoms with Crippen molar-refractivity contribution in [2.45, 2.75) is 6.92 Å². The fourth-order valence-corrected chi connectivity index (χ4v) is 1.48. The van der Waals surface area contributed by atoms with Crippen molar-refractivity contribution in [1.29, 1.82) is 0 Å². The Kier molecular flexibility index (Phi) is 3.09. The Morgan fingerprint density at radius 3 is 2.72 bits per heavy atom. The number of hydrogen-bond acceptors (Lipinski definition) is 3. The molecule has 1 heterocycles. The quantitative estimate of drug-likeness (QED) is 0.606. The highest BCUT2D eigenvalue weighted by molar-refractivity contribution is 6.00. The molecule has 6 heteroatoms. The van der Waals surface area contributed by atoms with Crippen LogP contribution in [0, 0.1) is 6.92 Å². The second-order valence-electron chi connectivity index (χ2n) is 3.69. The molecule has 2 rings (SSSR count). The molecule has 1 amide bonds. The molecule has 2 aromatic rings. The number of carbonyl (C=O) groups is 1. The van der Waals surface area contributed by atoms with Gasteiger partial charge in [0.1, 0.15) is 6.26 Å². The van der Waals surface area contributed by atoms with Gasteiger partial charge >= 0.3 is 5.91 Å². The van der Waals surface area contributed by atoms with E-state index in [9.17, 15) is 4.79 Å². The molecule has 0 aliphatic rings. The largest absolute Gasteiger partial charge is 0.444 e. The number of aryl methyl sites for hydroxylation is 1. The summed E-state index contributed by atoms with van der Waals surface area (Å²) in [6, 6.07) is 7.56. The maximum atomic E-state index is 11.5. The van der Waals surface area contributed by atoms with Gasteiger partial charge in [0.2, 0.25) is 5.89 Å². The van der Waals surface area contributed by atoms with E-state index in [1.807, 2.05) is 31.2 Å².